The minimum absolute atomic E-state index is 0.350. The molecule has 1 aromatic rings. The number of aromatic nitrogens is 1. The molecule has 0 bridgehead atoms. The maximum atomic E-state index is 5.40. The smallest absolute Gasteiger partial charge is 0.203 e. The van der Waals surface area contributed by atoms with E-state index in [2.05, 4.69) is 37.6 Å². The van der Waals surface area contributed by atoms with Crippen LogP contribution in [0.4, 0.5) is 0 Å². The Morgan fingerprint density at radius 1 is 1.24 bits per heavy atom. The molecule has 0 aliphatic heterocycles. The van der Waals surface area contributed by atoms with E-state index in [1.165, 1.54) is 0 Å². The van der Waals surface area contributed by atoms with Gasteiger partial charge in [-0.05, 0) is 72.8 Å². The molecular formula is C10H17N3S4. The van der Waals surface area contributed by atoms with Crippen LogP contribution in [0.5, 0.6) is 0 Å². The Morgan fingerprint density at radius 2 is 1.76 bits per heavy atom. The van der Waals surface area contributed by atoms with Crippen molar-refractivity contribution in [1.29, 1.82) is 0 Å². The second kappa shape index (κ2) is 6.17. The summed E-state index contributed by atoms with van der Waals surface area (Å²) in [6.45, 7) is 8.49. The minimum atomic E-state index is 0.350. The molecule has 0 radical (unpaired) electrons. The van der Waals surface area contributed by atoms with E-state index in [-0.39, 0.29) is 0 Å². The van der Waals surface area contributed by atoms with Gasteiger partial charge in [0.25, 0.3) is 0 Å². The lowest BCUT2D eigenvalue weighted by Gasteiger charge is -2.30. The summed E-state index contributed by atoms with van der Waals surface area (Å²) in [5.41, 5.74) is 0. The summed E-state index contributed by atoms with van der Waals surface area (Å²) in [7, 11) is 5.04. The SMILES string of the molecule is CC(C)N(C(=S)/N=c1\ssc(=S)n1C)C(C)C. The molecule has 0 unspecified atom stereocenters. The van der Waals surface area contributed by atoms with Gasteiger partial charge < -0.3 is 9.47 Å². The highest BCUT2D eigenvalue weighted by Gasteiger charge is 2.16. The van der Waals surface area contributed by atoms with Crippen molar-refractivity contribution in [1.82, 2.24) is 9.47 Å². The molecule has 0 N–H and O–H groups in total. The Bertz CT molecular complexity index is 498. The largest absolute Gasteiger partial charge is 0.343 e. The molecule has 17 heavy (non-hydrogen) atoms. The maximum Gasteiger partial charge on any atom is 0.203 e. The molecule has 0 amide bonds. The summed E-state index contributed by atoms with van der Waals surface area (Å²) >= 11 is 10.6. The summed E-state index contributed by atoms with van der Waals surface area (Å²) in [5.74, 6) is 0. The molecule has 0 aromatic carbocycles. The standard InChI is InChI=1S/C10H17N3S4/c1-6(2)13(7(3)4)8(14)11-9-12(5)10(15)17-16-9/h6-7H,1-5H3/b11-9-. The molecule has 0 aliphatic carbocycles. The molecule has 0 fully saturated rings. The molecule has 0 atom stereocenters. The van der Waals surface area contributed by atoms with Gasteiger partial charge in [-0.3, -0.25) is 0 Å². The zero-order chi connectivity index (χ0) is 13.2. The Labute approximate surface area is 120 Å². The van der Waals surface area contributed by atoms with Crippen LogP contribution in [0, 0.1) is 3.95 Å². The fourth-order valence-corrected chi connectivity index (χ4v) is 4.50. The van der Waals surface area contributed by atoms with Crippen molar-refractivity contribution in [2.24, 2.45) is 12.0 Å². The first-order valence-electron chi connectivity index (χ1n) is 5.37. The molecule has 1 rings (SSSR count). The number of hydrogen-bond acceptors (Lipinski definition) is 4. The van der Waals surface area contributed by atoms with Crippen molar-refractivity contribution < 1.29 is 0 Å². The number of nitrogens with zero attached hydrogens (tertiary/aromatic N) is 3. The van der Waals surface area contributed by atoms with Gasteiger partial charge in [0.05, 0.1) is 0 Å². The lowest BCUT2D eigenvalue weighted by molar-refractivity contribution is 0.294. The molecule has 7 heteroatoms. The van der Waals surface area contributed by atoms with Crippen molar-refractivity contribution in [2.75, 3.05) is 0 Å². The molecule has 3 nitrogen and oxygen atoms in total. The minimum Gasteiger partial charge on any atom is -0.343 e. The van der Waals surface area contributed by atoms with Gasteiger partial charge in [-0.25, -0.2) is 0 Å². The van der Waals surface area contributed by atoms with Crippen LogP contribution in [-0.2, 0) is 7.05 Å². The van der Waals surface area contributed by atoms with Crippen molar-refractivity contribution in [3.63, 3.8) is 0 Å². The quantitative estimate of drug-likeness (QED) is 0.618. The zero-order valence-electron chi connectivity index (χ0n) is 10.6. The average molecular weight is 308 g/mol. The third kappa shape index (κ3) is 3.67. The summed E-state index contributed by atoms with van der Waals surface area (Å²) in [4.78, 5) is 7.50. The van der Waals surface area contributed by atoms with Crippen LogP contribution < -0.4 is 4.80 Å². The second-order valence-electron chi connectivity index (χ2n) is 4.26. The highest BCUT2D eigenvalue weighted by molar-refractivity contribution is 7.80. The number of thiocarbonyl (C=S) groups is 1. The van der Waals surface area contributed by atoms with Gasteiger partial charge in [-0.1, -0.05) is 0 Å². The van der Waals surface area contributed by atoms with E-state index in [0.717, 1.165) is 8.76 Å². The fraction of sp³-hybridized carbons (Fsp3) is 0.700. The Balaban J connectivity index is 3.10. The van der Waals surface area contributed by atoms with E-state index in [4.69, 9.17) is 24.4 Å². The lowest BCUT2D eigenvalue weighted by atomic mass is 10.2. The van der Waals surface area contributed by atoms with Crippen LogP contribution in [0.15, 0.2) is 4.99 Å². The van der Waals surface area contributed by atoms with Gasteiger partial charge in [0.15, 0.2) is 9.07 Å². The highest BCUT2D eigenvalue weighted by Crippen LogP contribution is 2.08. The second-order valence-corrected chi connectivity index (χ2v) is 7.36. The lowest BCUT2D eigenvalue weighted by Crippen LogP contribution is -2.41. The summed E-state index contributed by atoms with van der Waals surface area (Å²) < 4.78 is 2.73. The van der Waals surface area contributed by atoms with Crippen LogP contribution in [0.25, 0.3) is 0 Å². The van der Waals surface area contributed by atoms with Gasteiger partial charge >= 0.3 is 0 Å². The first-order valence-corrected chi connectivity index (χ1v) is 8.34. The molecule has 0 aliphatic rings. The molecule has 0 saturated carbocycles. The summed E-state index contributed by atoms with van der Waals surface area (Å²) in [6, 6.07) is 0.700. The van der Waals surface area contributed by atoms with E-state index in [1.54, 1.807) is 20.7 Å². The van der Waals surface area contributed by atoms with Crippen LogP contribution in [0.2, 0.25) is 0 Å². The van der Waals surface area contributed by atoms with Gasteiger partial charge in [0.1, 0.15) is 0 Å². The van der Waals surface area contributed by atoms with Crippen LogP contribution in [-0.4, -0.2) is 26.7 Å². The van der Waals surface area contributed by atoms with E-state index in [0.29, 0.717) is 17.2 Å². The first kappa shape index (κ1) is 14.9. The molecule has 0 saturated heterocycles. The summed E-state index contributed by atoms with van der Waals surface area (Å²) in [5, 5.41) is 0.634. The fourth-order valence-electron chi connectivity index (χ4n) is 1.53. The van der Waals surface area contributed by atoms with Gasteiger partial charge in [-0.15, -0.1) is 0 Å². The molecule has 1 aromatic heterocycles. The number of hydrogen-bond donors (Lipinski definition) is 0. The van der Waals surface area contributed by atoms with Gasteiger partial charge in [0.2, 0.25) is 4.80 Å². The van der Waals surface area contributed by atoms with Crippen LogP contribution in [0.1, 0.15) is 27.7 Å². The van der Waals surface area contributed by atoms with E-state index in [9.17, 15) is 0 Å². The van der Waals surface area contributed by atoms with Crippen molar-refractivity contribution in [3.8, 4) is 0 Å². The molecule has 96 valence electrons. The molecule has 0 spiro atoms. The zero-order valence-corrected chi connectivity index (χ0v) is 13.9. The van der Waals surface area contributed by atoms with Crippen molar-refractivity contribution >= 4 is 50.2 Å². The third-order valence-electron chi connectivity index (χ3n) is 2.27. The predicted molar refractivity (Wildman–Crippen MR) is 82.3 cm³/mol. The first-order chi connectivity index (χ1) is 7.84. The normalized spacial score (nSPS) is 12.5. The van der Waals surface area contributed by atoms with Crippen molar-refractivity contribution in [3.05, 3.63) is 8.76 Å². The molecular weight excluding hydrogens is 290 g/mol. The molecule has 1 heterocycles. The van der Waals surface area contributed by atoms with Crippen molar-refractivity contribution in [2.45, 2.75) is 39.8 Å². The van der Waals surface area contributed by atoms with E-state index in [1.807, 2.05) is 11.6 Å². The predicted octanol–water partition coefficient (Wildman–Crippen LogP) is 3.18. The van der Waals surface area contributed by atoms with Crippen LogP contribution >= 0.6 is 45.1 Å². The monoisotopic (exact) mass is 307 g/mol. The van der Waals surface area contributed by atoms with E-state index < -0.39 is 0 Å². The highest BCUT2D eigenvalue weighted by atomic mass is 32.9. The number of rotatable bonds is 2. The van der Waals surface area contributed by atoms with Gasteiger partial charge in [0, 0.05) is 19.1 Å². The van der Waals surface area contributed by atoms with Crippen LogP contribution in [0.3, 0.4) is 0 Å². The summed E-state index contributed by atoms with van der Waals surface area (Å²) in [6.07, 6.45) is 0. The Kier molecular flexibility index (Phi) is 5.43. The topological polar surface area (TPSA) is 20.5 Å². The Hall–Kier alpha value is -0.110. The van der Waals surface area contributed by atoms with E-state index >= 15 is 0 Å². The average Bonchev–Trinajstić information content (AvgIpc) is 2.48. The Morgan fingerprint density at radius 3 is 2.12 bits per heavy atom. The maximum absolute atomic E-state index is 5.40. The van der Waals surface area contributed by atoms with Gasteiger partial charge in [-0.2, -0.15) is 4.99 Å². The third-order valence-corrected chi connectivity index (χ3v) is 5.60.